The number of unbranched alkanes of at least 4 members (excludes halogenated alkanes) is 2. The maximum Gasteiger partial charge on any atom is 0.0999 e. The lowest BCUT2D eigenvalue weighted by atomic mass is 10.0. The molecule has 24 heavy (non-hydrogen) atoms. The molecule has 0 spiro atoms. The Kier molecular flexibility index (Phi) is 3.87. The first-order valence-electron chi connectivity index (χ1n) is 8.42. The maximum atomic E-state index is 4.55. The van der Waals surface area contributed by atoms with E-state index in [9.17, 15) is 0 Å². The highest BCUT2D eigenvalue weighted by Gasteiger charge is 2.05. The molecule has 0 atom stereocenters. The van der Waals surface area contributed by atoms with E-state index in [1.165, 1.54) is 24.0 Å². The minimum Gasteiger partial charge on any atom is -0.345 e. The second kappa shape index (κ2) is 6.32. The third kappa shape index (κ3) is 2.71. The van der Waals surface area contributed by atoms with Crippen molar-refractivity contribution in [1.82, 2.24) is 19.5 Å². The number of rotatable bonds is 5. The van der Waals surface area contributed by atoms with Crippen LogP contribution < -0.4 is 0 Å². The summed E-state index contributed by atoms with van der Waals surface area (Å²) in [7, 11) is 0. The summed E-state index contributed by atoms with van der Waals surface area (Å²) < 4.78 is 2.09. The van der Waals surface area contributed by atoms with Crippen LogP contribution in [0.2, 0.25) is 0 Å². The summed E-state index contributed by atoms with van der Waals surface area (Å²) in [4.78, 5) is 12.0. The van der Waals surface area contributed by atoms with Crippen LogP contribution in [-0.2, 0) is 0 Å². The number of nitrogens with one attached hydrogen (secondary N) is 1. The highest BCUT2D eigenvalue weighted by molar-refractivity contribution is 5.86. The number of imidazole rings is 2. The highest BCUT2D eigenvalue weighted by Crippen LogP contribution is 2.26. The fourth-order valence-electron chi connectivity index (χ4n) is 2.96. The minimum absolute atomic E-state index is 0.987. The Balaban J connectivity index is 1.67. The van der Waals surface area contributed by atoms with E-state index in [-0.39, 0.29) is 0 Å². The molecule has 0 aliphatic heterocycles. The lowest BCUT2D eigenvalue weighted by Gasteiger charge is -2.03. The second-order valence-electron chi connectivity index (χ2n) is 6.02. The van der Waals surface area contributed by atoms with E-state index in [1.54, 1.807) is 6.33 Å². The molecule has 0 aliphatic rings. The van der Waals surface area contributed by atoms with Crippen LogP contribution in [0.3, 0.4) is 0 Å². The van der Waals surface area contributed by atoms with E-state index in [0.29, 0.717) is 0 Å². The monoisotopic (exact) mass is 316 g/mol. The second-order valence-corrected chi connectivity index (χ2v) is 6.02. The van der Waals surface area contributed by atoms with E-state index < -0.39 is 0 Å². The molecule has 0 aliphatic carbocycles. The van der Waals surface area contributed by atoms with Gasteiger partial charge in [0.25, 0.3) is 0 Å². The summed E-state index contributed by atoms with van der Waals surface area (Å²) in [5.41, 5.74) is 6.52. The van der Waals surface area contributed by atoms with Gasteiger partial charge >= 0.3 is 0 Å². The zero-order valence-electron chi connectivity index (χ0n) is 13.7. The highest BCUT2D eigenvalue weighted by atomic mass is 15.0. The molecule has 0 amide bonds. The first kappa shape index (κ1) is 14.7. The van der Waals surface area contributed by atoms with Crippen LogP contribution in [0.5, 0.6) is 0 Å². The summed E-state index contributed by atoms with van der Waals surface area (Å²) in [6.45, 7) is 2.21. The smallest absolute Gasteiger partial charge is 0.0999 e. The number of aromatic nitrogens is 4. The molecular weight excluding hydrogens is 296 g/mol. The SMILES string of the molecule is CCCC/C=C/n1cnc2cc(-c3ccc4nc[nH]c4c3)ccc21. The third-order valence-electron chi connectivity index (χ3n) is 4.32. The molecular formula is C20H20N4. The van der Waals surface area contributed by atoms with E-state index in [2.05, 4.69) is 69.1 Å². The Morgan fingerprint density at radius 3 is 2.83 bits per heavy atom. The largest absolute Gasteiger partial charge is 0.345 e. The van der Waals surface area contributed by atoms with E-state index in [4.69, 9.17) is 0 Å². The molecule has 4 rings (SSSR count). The molecule has 4 aromatic rings. The molecule has 0 bridgehead atoms. The molecule has 4 heteroatoms. The fourth-order valence-corrected chi connectivity index (χ4v) is 2.96. The van der Waals surface area contributed by atoms with E-state index >= 15 is 0 Å². The average Bonchev–Trinajstić information content (AvgIpc) is 3.24. The van der Waals surface area contributed by atoms with Gasteiger partial charge in [0.1, 0.15) is 0 Å². The number of benzene rings is 2. The first-order valence-corrected chi connectivity index (χ1v) is 8.42. The van der Waals surface area contributed by atoms with Crippen LogP contribution >= 0.6 is 0 Å². The summed E-state index contributed by atoms with van der Waals surface area (Å²) in [6, 6.07) is 12.7. The van der Waals surface area contributed by atoms with Gasteiger partial charge in [-0.05, 0) is 41.8 Å². The number of H-pyrrole nitrogens is 1. The van der Waals surface area contributed by atoms with Gasteiger partial charge in [0.15, 0.2) is 0 Å². The zero-order chi connectivity index (χ0) is 16.4. The molecule has 0 saturated heterocycles. The lowest BCUT2D eigenvalue weighted by molar-refractivity contribution is 0.815. The Labute approximate surface area is 140 Å². The van der Waals surface area contributed by atoms with Crippen LogP contribution in [0.1, 0.15) is 26.2 Å². The Morgan fingerprint density at radius 2 is 1.92 bits per heavy atom. The van der Waals surface area contributed by atoms with Crippen molar-refractivity contribution >= 4 is 28.3 Å². The molecule has 0 fully saturated rings. The van der Waals surface area contributed by atoms with Crippen LogP contribution in [0.15, 0.2) is 55.1 Å². The number of nitrogens with zero attached hydrogens (tertiary/aromatic N) is 3. The van der Waals surface area contributed by atoms with Gasteiger partial charge in [-0.3, -0.25) is 0 Å². The van der Waals surface area contributed by atoms with Gasteiger partial charge in [-0.1, -0.05) is 38.0 Å². The number of fused-ring (bicyclic) bond motifs is 2. The molecule has 2 heterocycles. The van der Waals surface area contributed by atoms with Crippen LogP contribution in [0, 0.1) is 0 Å². The fraction of sp³-hybridized carbons (Fsp3) is 0.200. The normalized spacial score (nSPS) is 11.9. The summed E-state index contributed by atoms with van der Waals surface area (Å²) in [5.74, 6) is 0. The number of hydrogen-bond acceptors (Lipinski definition) is 2. The Hall–Kier alpha value is -2.88. The van der Waals surface area contributed by atoms with E-state index in [1.807, 2.05) is 12.4 Å². The van der Waals surface area contributed by atoms with Crippen molar-refractivity contribution in [2.75, 3.05) is 0 Å². The Bertz CT molecular complexity index is 1010. The van der Waals surface area contributed by atoms with Gasteiger partial charge in [0.05, 0.1) is 34.7 Å². The van der Waals surface area contributed by atoms with Crippen LogP contribution in [0.25, 0.3) is 39.4 Å². The van der Waals surface area contributed by atoms with Crippen LogP contribution in [0.4, 0.5) is 0 Å². The van der Waals surface area contributed by atoms with Crippen molar-refractivity contribution < 1.29 is 0 Å². The molecule has 0 saturated carbocycles. The number of hydrogen-bond donors (Lipinski definition) is 1. The summed E-state index contributed by atoms with van der Waals surface area (Å²) >= 11 is 0. The van der Waals surface area contributed by atoms with Crippen molar-refractivity contribution in [3.63, 3.8) is 0 Å². The topological polar surface area (TPSA) is 46.5 Å². The summed E-state index contributed by atoms with van der Waals surface area (Å²) in [5, 5.41) is 0. The lowest BCUT2D eigenvalue weighted by Crippen LogP contribution is -1.84. The Morgan fingerprint density at radius 1 is 1.04 bits per heavy atom. The molecule has 0 unspecified atom stereocenters. The first-order chi connectivity index (χ1) is 11.8. The predicted octanol–water partition coefficient (Wildman–Crippen LogP) is 5.24. The zero-order valence-corrected chi connectivity index (χ0v) is 13.7. The van der Waals surface area contributed by atoms with Gasteiger partial charge in [-0.25, -0.2) is 9.97 Å². The minimum atomic E-state index is 0.987. The molecule has 120 valence electrons. The van der Waals surface area contributed by atoms with Crippen molar-refractivity contribution in [3.05, 3.63) is 55.1 Å². The van der Waals surface area contributed by atoms with Gasteiger partial charge in [-0.15, -0.1) is 0 Å². The summed E-state index contributed by atoms with van der Waals surface area (Å²) in [6.07, 6.45) is 11.5. The van der Waals surface area contributed by atoms with Crippen molar-refractivity contribution in [2.24, 2.45) is 0 Å². The number of aromatic amines is 1. The van der Waals surface area contributed by atoms with Gasteiger partial charge in [0.2, 0.25) is 0 Å². The quantitative estimate of drug-likeness (QED) is 0.512. The van der Waals surface area contributed by atoms with Gasteiger partial charge in [0, 0.05) is 6.20 Å². The van der Waals surface area contributed by atoms with Gasteiger partial charge in [-0.2, -0.15) is 0 Å². The number of allylic oxidation sites excluding steroid dienone is 1. The predicted molar refractivity (Wildman–Crippen MR) is 99.7 cm³/mol. The van der Waals surface area contributed by atoms with Gasteiger partial charge < -0.3 is 9.55 Å². The van der Waals surface area contributed by atoms with Crippen LogP contribution in [-0.4, -0.2) is 19.5 Å². The molecule has 4 nitrogen and oxygen atoms in total. The third-order valence-corrected chi connectivity index (χ3v) is 4.32. The average molecular weight is 316 g/mol. The maximum absolute atomic E-state index is 4.55. The molecule has 2 aromatic heterocycles. The molecule has 2 aromatic carbocycles. The standard InChI is InChI=1S/C20H20N4/c1-2-3-4-5-10-24-14-23-19-12-16(7-9-20(19)24)15-6-8-17-18(11-15)22-13-21-17/h5-14H,2-4H2,1H3,(H,21,22)/b10-5+. The van der Waals surface area contributed by atoms with Crippen molar-refractivity contribution in [1.29, 1.82) is 0 Å². The van der Waals surface area contributed by atoms with Crippen molar-refractivity contribution in [3.8, 4) is 11.1 Å². The molecule has 1 N–H and O–H groups in total. The van der Waals surface area contributed by atoms with E-state index in [0.717, 1.165) is 28.5 Å². The molecule has 0 radical (unpaired) electrons. The van der Waals surface area contributed by atoms with Crippen molar-refractivity contribution in [2.45, 2.75) is 26.2 Å².